The van der Waals surface area contributed by atoms with Gasteiger partial charge in [-0.1, -0.05) is 43.6 Å². The minimum atomic E-state index is -0.857. The molecule has 0 radical (unpaired) electrons. The smallest absolute Gasteiger partial charge is 0.407 e. The molecule has 1 aromatic heterocycles. The fourth-order valence-electron chi connectivity index (χ4n) is 4.38. The Labute approximate surface area is 190 Å². The van der Waals surface area contributed by atoms with Gasteiger partial charge in [-0.15, -0.1) is 11.3 Å². The molecule has 0 bridgehead atoms. The second-order valence-corrected chi connectivity index (χ2v) is 10.5. The van der Waals surface area contributed by atoms with E-state index in [1.807, 2.05) is 5.38 Å². The number of aromatic nitrogens is 1. The molecule has 1 fully saturated rings. The largest absolute Gasteiger partial charge is 0.507 e. The molecule has 1 aromatic carbocycles. The quantitative estimate of drug-likeness (QED) is 0.614. The fourth-order valence-corrected chi connectivity index (χ4v) is 5.65. The normalized spacial score (nSPS) is 24.1. The Hall–Kier alpha value is -2.32. The summed E-state index contributed by atoms with van der Waals surface area (Å²) in [4.78, 5) is 23.6. The van der Waals surface area contributed by atoms with Gasteiger partial charge in [0.2, 0.25) is 0 Å². The van der Waals surface area contributed by atoms with Gasteiger partial charge >= 0.3 is 6.09 Å². The van der Waals surface area contributed by atoms with Crippen LogP contribution in [0.5, 0.6) is 5.75 Å². The van der Waals surface area contributed by atoms with E-state index in [9.17, 15) is 15.0 Å². The predicted octanol–water partition coefficient (Wildman–Crippen LogP) is 5.64. The summed E-state index contributed by atoms with van der Waals surface area (Å²) in [5.41, 5.74) is 1.88. The Morgan fingerprint density at radius 1 is 1.35 bits per heavy atom. The van der Waals surface area contributed by atoms with Crippen molar-refractivity contribution in [2.24, 2.45) is 10.6 Å². The van der Waals surface area contributed by atoms with Crippen molar-refractivity contribution < 1.29 is 19.8 Å². The van der Waals surface area contributed by atoms with Gasteiger partial charge in [0.15, 0.2) is 6.10 Å². The summed E-state index contributed by atoms with van der Waals surface area (Å²) >= 11 is 7.82. The van der Waals surface area contributed by atoms with Gasteiger partial charge in [-0.2, -0.15) is 0 Å². The maximum absolute atomic E-state index is 11.7. The van der Waals surface area contributed by atoms with Crippen LogP contribution in [-0.2, 0) is 4.84 Å². The maximum atomic E-state index is 11.7. The molecule has 2 aromatic rings. The molecule has 1 saturated heterocycles. The molecule has 0 spiro atoms. The molecule has 3 unspecified atom stereocenters. The van der Waals surface area contributed by atoms with Crippen molar-refractivity contribution >= 4 is 34.7 Å². The molecule has 9 heteroatoms. The van der Waals surface area contributed by atoms with Gasteiger partial charge < -0.3 is 20.0 Å². The molecule has 3 heterocycles. The number of aromatic hydroxyl groups is 1. The SMILES string of the molecule is CC(C)(C)C1CC(c2nc(C3=NOC(c4c(O)cccc4Cl)C3)cs2)CCN1C(=O)O. The van der Waals surface area contributed by atoms with Crippen LogP contribution in [0.2, 0.25) is 5.02 Å². The zero-order chi connectivity index (χ0) is 22.3. The molecule has 7 nitrogen and oxygen atoms in total. The van der Waals surface area contributed by atoms with E-state index >= 15 is 0 Å². The number of phenols is 1. The Morgan fingerprint density at radius 3 is 2.81 bits per heavy atom. The molecule has 0 saturated carbocycles. The van der Waals surface area contributed by atoms with Crippen LogP contribution in [0.15, 0.2) is 28.7 Å². The molecule has 2 aliphatic heterocycles. The summed E-state index contributed by atoms with van der Waals surface area (Å²) in [6.45, 7) is 6.75. The zero-order valence-electron chi connectivity index (χ0n) is 17.7. The first-order valence-electron chi connectivity index (χ1n) is 10.3. The van der Waals surface area contributed by atoms with Crippen molar-refractivity contribution in [3.63, 3.8) is 0 Å². The number of phenolic OH excluding ortho intramolecular Hbond substituents is 1. The Balaban J connectivity index is 1.48. The highest BCUT2D eigenvalue weighted by molar-refractivity contribution is 7.10. The molecule has 31 heavy (non-hydrogen) atoms. The number of amides is 1. The standard InChI is InChI=1S/C22H26ClN3O4S/c1-22(2,3)18-9-12(7-8-26(18)21(28)29)20-24-15(11-31-20)14-10-17(30-25-14)19-13(23)5-4-6-16(19)27/h4-6,11-12,17-18,27H,7-10H2,1-3H3,(H,28,29). The van der Waals surface area contributed by atoms with Crippen LogP contribution < -0.4 is 0 Å². The zero-order valence-corrected chi connectivity index (χ0v) is 19.3. The van der Waals surface area contributed by atoms with E-state index in [1.54, 1.807) is 34.4 Å². The number of piperidine rings is 1. The average Bonchev–Trinajstić information content (AvgIpc) is 3.36. The molecule has 1 amide bonds. The number of hydrogen-bond acceptors (Lipinski definition) is 6. The minimum Gasteiger partial charge on any atom is -0.507 e. The summed E-state index contributed by atoms with van der Waals surface area (Å²) in [6, 6.07) is 4.92. The van der Waals surface area contributed by atoms with Gasteiger partial charge in [-0.3, -0.25) is 0 Å². The van der Waals surface area contributed by atoms with E-state index in [0.717, 1.165) is 29.3 Å². The highest BCUT2D eigenvalue weighted by Gasteiger charge is 2.40. The summed E-state index contributed by atoms with van der Waals surface area (Å²) in [5, 5.41) is 27.4. The maximum Gasteiger partial charge on any atom is 0.407 e. The topological polar surface area (TPSA) is 95.3 Å². The number of likely N-dealkylation sites (tertiary alicyclic amines) is 1. The van der Waals surface area contributed by atoms with Gasteiger partial charge in [0.1, 0.15) is 11.5 Å². The van der Waals surface area contributed by atoms with Gasteiger partial charge in [0.05, 0.1) is 21.3 Å². The monoisotopic (exact) mass is 463 g/mol. The lowest BCUT2D eigenvalue weighted by molar-refractivity contribution is 0.0525. The Morgan fingerprint density at radius 2 is 2.13 bits per heavy atom. The van der Waals surface area contributed by atoms with E-state index in [2.05, 4.69) is 25.9 Å². The molecule has 4 rings (SSSR count). The van der Waals surface area contributed by atoms with E-state index in [-0.39, 0.29) is 23.1 Å². The van der Waals surface area contributed by atoms with Crippen LogP contribution >= 0.6 is 22.9 Å². The number of nitrogens with zero attached hydrogens (tertiary/aromatic N) is 3. The van der Waals surface area contributed by atoms with Gasteiger partial charge in [-0.25, -0.2) is 9.78 Å². The highest BCUT2D eigenvalue weighted by Crippen LogP contribution is 2.41. The number of hydrogen-bond donors (Lipinski definition) is 2. The van der Waals surface area contributed by atoms with Crippen molar-refractivity contribution in [1.29, 1.82) is 0 Å². The second-order valence-electron chi connectivity index (χ2n) is 9.16. The van der Waals surface area contributed by atoms with Crippen LogP contribution in [0.1, 0.15) is 68.3 Å². The lowest BCUT2D eigenvalue weighted by Crippen LogP contribution is -2.51. The van der Waals surface area contributed by atoms with E-state index < -0.39 is 12.2 Å². The lowest BCUT2D eigenvalue weighted by Gasteiger charge is -2.44. The van der Waals surface area contributed by atoms with Crippen LogP contribution in [0, 0.1) is 5.41 Å². The molecular formula is C22H26ClN3O4S. The van der Waals surface area contributed by atoms with Crippen molar-refractivity contribution in [3.8, 4) is 5.75 Å². The number of thiazole rings is 1. The molecule has 0 aliphatic carbocycles. The third-order valence-electron chi connectivity index (χ3n) is 6.04. The number of oxime groups is 1. The fraction of sp³-hybridized carbons (Fsp3) is 0.500. The van der Waals surface area contributed by atoms with Crippen molar-refractivity contribution in [1.82, 2.24) is 9.88 Å². The van der Waals surface area contributed by atoms with E-state index in [4.69, 9.17) is 21.4 Å². The van der Waals surface area contributed by atoms with E-state index in [1.165, 1.54) is 0 Å². The van der Waals surface area contributed by atoms with Crippen molar-refractivity contribution in [2.75, 3.05) is 6.54 Å². The van der Waals surface area contributed by atoms with Crippen LogP contribution in [0.3, 0.4) is 0 Å². The van der Waals surface area contributed by atoms with Gasteiger partial charge in [0.25, 0.3) is 0 Å². The summed E-state index contributed by atoms with van der Waals surface area (Å²) in [7, 11) is 0. The molecule has 3 atom stereocenters. The summed E-state index contributed by atoms with van der Waals surface area (Å²) in [6.07, 6.45) is 0.678. The number of rotatable bonds is 3. The lowest BCUT2D eigenvalue weighted by atomic mass is 9.77. The molecular weight excluding hydrogens is 438 g/mol. The second kappa shape index (κ2) is 8.31. The molecule has 2 aliphatic rings. The minimum absolute atomic E-state index is 0.0594. The van der Waals surface area contributed by atoms with Gasteiger partial charge in [-0.05, 0) is 30.4 Å². The first-order valence-corrected chi connectivity index (χ1v) is 11.6. The van der Waals surface area contributed by atoms with Gasteiger partial charge in [0, 0.05) is 30.3 Å². The molecule has 166 valence electrons. The number of halogens is 1. The number of benzene rings is 1. The average molecular weight is 464 g/mol. The molecule has 2 N–H and O–H groups in total. The highest BCUT2D eigenvalue weighted by atomic mass is 35.5. The summed E-state index contributed by atoms with van der Waals surface area (Å²) < 4.78 is 0. The number of carbonyl (C=O) groups is 1. The predicted molar refractivity (Wildman–Crippen MR) is 120 cm³/mol. The van der Waals surface area contributed by atoms with Crippen molar-refractivity contribution in [3.05, 3.63) is 44.9 Å². The van der Waals surface area contributed by atoms with Crippen LogP contribution in [0.4, 0.5) is 4.79 Å². The summed E-state index contributed by atoms with van der Waals surface area (Å²) in [5.74, 6) is 0.302. The Kier molecular flexibility index (Phi) is 5.87. The van der Waals surface area contributed by atoms with E-state index in [0.29, 0.717) is 23.6 Å². The first-order chi connectivity index (χ1) is 14.6. The Bertz CT molecular complexity index is 996. The first kappa shape index (κ1) is 21.9. The number of carboxylic acid groups (broad SMARTS) is 1. The third kappa shape index (κ3) is 4.36. The van der Waals surface area contributed by atoms with Crippen molar-refractivity contribution in [2.45, 2.75) is 58.1 Å². The van der Waals surface area contributed by atoms with Crippen LogP contribution in [-0.4, -0.2) is 44.5 Å². The van der Waals surface area contributed by atoms with Crippen LogP contribution in [0.25, 0.3) is 0 Å². The third-order valence-corrected chi connectivity index (χ3v) is 7.37.